The number of benzene rings is 2. The predicted molar refractivity (Wildman–Crippen MR) is 119 cm³/mol. The van der Waals surface area contributed by atoms with E-state index in [0.717, 1.165) is 35.1 Å². The zero-order chi connectivity index (χ0) is 21.5. The number of ether oxygens (including phenoxy) is 1. The first kappa shape index (κ1) is 18.4. The highest BCUT2D eigenvalue weighted by Crippen LogP contribution is 2.29. The van der Waals surface area contributed by atoms with E-state index in [2.05, 4.69) is 25.4 Å². The van der Waals surface area contributed by atoms with Gasteiger partial charge in [-0.1, -0.05) is 12.1 Å². The molecule has 9 nitrogen and oxygen atoms in total. The summed E-state index contributed by atoms with van der Waals surface area (Å²) in [5.74, 6) is 1.73. The average molecular weight is 423 g/mol. The van der Waals surface area contributed by atoms with E-state index in [1.165, 1.54) is 18.6 Å². The number of hydrogen-bond acceptors (Lipinski definition) is 8. The third kappa shape index (κ3) is 3.39. The topological polar surface area (TPSA) is 107 Å². The van der Waals surface area contributed by atoms with Gasteiger partial charge in [0.2, 0.25) is 5.95 Å². The zero-order valence-corrected chi connectivity index (χ0v) is 16.8. The van der Waals surface area contributed by atoms with E-state index in [1.807, 2.05) is 48.5 Å². The third-order valence-electron chi connectivity index (χ3n) is 5.14. The summed E-state index contributed by atoms with van der Waals surface area (Å²) >= 11 is 0. The lowest BCUT2D eigenvalue weighted by atomic mass is 10.2. The number of aromatic nitrogens is 6. The molecule has 0 radical (unpaired) electrons. The molecule has 6 rings (SSSR count). The molecule has 1 aliphatic rings. The Kier molecular flexibility index (Phi) is 4.24. The number of fused-ring (bicyclic) bond motifs is 3. The summed E-state index contributed by atoms with van der Waals surface area (Å²) in [6.07, 6.45) is 6.77. The summed E-state index contributed by atoms with van der Waals surface area (Å²) in [4.78, 5) is 29.5. The number of nitrogens with zero attached hydrogens (tertiary/aromatic N) is 6. The molecule has 0 spiro atoms. The van der Waals surface area contributed by atoms with Crippen LogP contribution in [0.1, 0.15) is 12.8 Å². The van der Waals surface area contributed by atoms with Crippen molar-refractivity contribution in [1.29, 1.82) is 0 Å². The largest absolute Gasteiger partial charge is 0.490 e. The van der Waals surface area contributed by atoms with Crippen LogP contribution in [0, 0.1) is 0 Å². The Balaban J connectivity index is 1.48. The second-order valence-electron chi connectivity index (χ2n) is 7.51. The lowest BCUT2D eigenvalue weighted by Gasteiger charge is -2.07. The van der Waals surface area contributed by atoms with Gasteiger partial charge in [0.25, 0.3) is 5.56 Å². The first-order valence-corrected chi connectivity index (χ1v) is 10.2. The van der Waals surface area contributed by atoms with Gasteiger partial charge in [0, 0.05) is 23.3 Å². The molecule has 1 aliphatic carbocycles. The molecule has 2 aromatic carbocycles. The molecular formula is C23H17N7O2. The van der Waals surface area contributed by atoms with E-state index in [-0.39, 0.29) is 5.69 Å². The first-order valence-electron chi connectivity index (χ1n) is 10.2. The maximum atomic E-state index is 12.3. The Labute approximate surface area is 181 Å². The van der Waals surface area contributed by atoms with E-state index in [9.17, 15) is 4.79 Å². The normalized spacial score (nSPS) is 13.4. The van der Waals surface area contributed by atoms with Crippen LogP contribution in [0.4, 0.5) is 11.6 Å². The van der Waals surface area contributed by atoms with E-state index in [4.69, 9.17) is 9.72 Å². The third-order valence-corrected chi connectivity index (χ3v) is 5.14. The summed E-state index contributed by atoms with van der Waals surface area (Å²) in [6.45, 7) is 0. The average Bonchev–Trinajstić information content (AvgIpc) is 3.55. The Hall–Kier alpha value is -4.40. The van der Waals surface area contributed by atoms with Crippen molar-refractivity contribution in [3.63, 3.8) is 0 Å². The van der Waals surface area contributed by atoms with Crippen LogP contribution in [0.2, 0.25) is 0 Å². The summed E-state index contributed by atoms with van der Waals surface area (Å²) in [7, 11) is 0. The second kappa shape index (κ2) is 7.38. The van der Waals surface area contributed by atoms with Crippen LogP contribution in [0.5, 0.6) is 5.75 Å². The lowest BCUT2D eigenvalue weighted by molar-refractivity contribution is 0.303. The minimum Gasteiger partial charge on any atom is -0.490 e. The highest BCUT2D eigenvalue weighted by Gasteiger charge is 2.23. The highest BCUT2D eigenvalue weighted by molar-refractivity contribution is 5.93. The van der Waals surface area contributed by atoms with Crippen molar-refractivity contribution >= 4 is 28.2 Å². The Morgan fingerprint density at radius 2 is 1.84 bits per heavy atom. The molecule has 0 bridgehead atoms. The van der Waals surface area contributed by atoms with Crippen molar-refractivity contribution in [2.24, 2.45) is 0 Å². The molecule has 1 fully saturated rings. The fraction of sp³-hybridized carbons (Fsp3) is 0.130. The van der Waals surface area contributed by atoms with Crippen LogP contribution in [0.3, 0.4) is 0 Å². The zero-order valence-electron chi connectivity index (χ0n) is 16.8. The fourth-order valence-corrected chi connectivity index (χ4v) is 3.41. The molecule has 156 valence electrons. The van der Waals surface area contributed by atoms with Crippen LogP contribution in [-0.4, -0.2) is 35.7 Å². The molecule has 9 heteroatoms. The van der Waals surface area contributed by atoms with Gasteiger partial charge in [-0.2, -0.15) is 4.52 Å². The van der Waals surface area contributed by atoms with Gasteiger partial charge in [0.05, 0.1) is 17.8 Å². The standard InChI is InChI=1S/C23H17N7O2/c31-22-19(13-24-11-12-25-22)27-23-26-18-4-2-1-3-17(18)21-28-20(29-30(21)23)14-5-7-15(8-6-14)32-16-9-10-16/h1-8,11-13,16H,9-10H2,(H,25,26,27,31). The van der Waals surface area contributed by atoms with Crippen molar-refractivity contribution in [3.05, 3.63) is 77.5 Å². The van der Waals surface area contributed by atoms with Crippen LogP contribution in [0.25, 0.3) is 27.9 Å². The van der Waals surface area contributed by atoms with E-state index in [0.29, 0.717) is 23.5 Å². The molecule has 0 amide bonds. The summed E-state index contributed by atoms with van der Waals surface area (Å²) < 4.78 is 7.43. The maximum Gasteiger partial charge on any atom is 0.295 e. The first-order chi connectivity index (χ1) is 15.7. The summed E-state index contributed by atoms with van der Waals surface area (Å²) in [6, 6.07) is 15.4. The number of anilines is 2. The molecule has 1 saturated carbocycles. The molecule has 3 heterocycles. The van der Waals surface area contributed by atoms with Crippen LogP contribution in [-0.2, 0) is 0 Å². The monoisotopic (exact) mass is 423 g/mol. The lowest BCUT2D eigenvalue weighted by Crippen LogP contribution is -2.11. The van der Waals surface area contributed by atoms with E-state index >= 15 is 0 Å². The Morgan fingerprint density at radius 3 is 2.69 bits per heavy atom. The Bertz CT molecular complexity index is 1510. The molecule has 0 unspecified atom stereocenters. The van der Waals surface area contributed by atoms with Gasteiger partial charge in [0.15, 0.2) is 11.5 Å². The quantitative estimate of drug-likeness (QED) is 0.458. The minimum atomic E-state index is -0.447. The van der Waals surface area contributed by atoms with E-state index in [1.54, 1.807) is 4.52 Å². The second-order valence-corrected chi connectivity index (χ2v) is 7.51. The molecule has 3 aromatic heterocycles. The maximum absolute atomic E-state index is 12.3. The molecule has 1 N–H and O–H groups in total. The van der Waals surface area contributed by atoms with Gasteiger partial charge in [0.1, 0.15) is 11.4 Å². The summed E-state index contributed by atoms with van der Waals surface area (Å²) in [5, 5.41) is 8.55. The molecule has 5 aromatic rings. The molecule has 32 heavy (non-hydrogen) atoms. The summed E-state index contributed by atoms with van der Waals surface area (Å²) in [5.41, 5.74) is 1.95. The van der Waals surface area contributed by atoms with Crippen LogP contribution >= 0.6 is 0 Å². The number of rotatable bonds is 5. The molecular weight excluding hydrogens is 406 g/mol. The smallest absolute Gasteiger partial charge is 0.295 e. The molecule has 0 atom stereocenters. The number of para-hydroxylation sites is 1. The Morgan fingerprint density at radius 1 is 1.00 bits per heavy atom. The van der Waals surface area contributed by atoms with Gasteiger partial charge < -0.3 is 10.1 Å². The van der Waals surface area contributed by atoms with Crippen molar-refractivity contribution in [3.8, 4) is 17.1 Å². The number of hydrogen-bond donors (Lipinski definition) is 1. The number of nitrogens with one attached hydrogen (secondary N) is 1. The van der Waals surface area contributed by atoms with Gasteiger partial charge >= 0.3 is 0 Å². The minimum absolute atomic E-state index is 0.192. The SMILES string of the molecule is O=c1nccncc1Nc1nc2ccccc2c2nc(-c3ccc(OC4CC4)cc3)nn12. The van der Waals surface area contributed by atoms with Gasteiger partial charge in [-0.05, 0) is 49.2 Å². The van der Waals surface area contributed by atoms with Crippen LogP contribution < -0.4 is 15.6 Å². The van der Waals surface area contributed by atoms with Gasteiger partial charge in [-0.25, -0.2) is 15.0 Å². The van der Waals surface area contributed by atoms with Crippen molar-refractivity contribution in [1.82, 2.24) is 29.5 Å². The van der Waals surface area contributed by atoms with Crippen molar-refractivity contribution in [2.45, 2.75) is 18.9 Å². The van der Waals surface area contributed by atoms with Gasteiger partial charge in [-0.3, -0.25) is 9.78 Å². The molecule has 0 saturated heterocycles. The van der Waals surface area contributed by atoms with Crippen molar-refractivity contribution in [2.75, 3.05) is 5.32 Å². The fourth-order valence-electron chi connectivity index (χ4n) is 3.41. The van der Waals surface area contributed by atoms with Gasteiger partial charge in [-0.15, -0.1) is 5.10 Å². The van der Waals surface area contributed by atoms with Crippen molar-refractivity contribution < 1.29 is 4.74 Å². The van der Waals surface area contributed by atoms with E-state index < -0.39 is 5.56 Å². The molecule has 0 aliphatic heterocycles. The predicted octanol–water partition coefficient (Wildman–Crippen LogP) is 3.38. The highest BCUT2D eigenvalue weighted by atomic mass is 16.5. The van der Waals surface area contributed by atoms with Crippen LogP contribution in [0.15, 0.2) is 71.9 Å².